The van der Waals surface area contributed by atoms with Gasteiger partial charge in [0.15, 0.2) is 16.7 Å². The Morgan fingerprint density at radius 2 is 1.97 bits per heavy atom. The van der Waals surface area contributed by atoms with Crippen molar-refractivity contribution in [2.75, 3.05) is 19.0 Å². The molecule has 1 aliphatic heterocycles. The Morgan fingerprint density at radius 1 is 1.19 bits per heavy atom. The lowest BCUT2D eigenvalue weighted by molar-refractivity contribution is -0.119. The van der Waals surface area contributed by atoms with E-state index in [9.17, 15) is 9.18 Å². The molecule has 0 saturated carbocycles. The largest absolute Gasteiger partial charge is 0.490 e. The minimum absolute atomic E-state index is 0.126. The van der Waals surface area contributed by atoms with Gasteiger partial charge in [-0.3, -0.25) is 9.36 Å². The average Bonchev–Trinajstić information content (AvgIpc) is 3.12. The number of benzene rings is 2. The molecule has 7 nitrogen and oxygen atoms in total. The third-order valence-electron chi connectivity index (χ3n) is 5.07. The van der Waals surface area contributed by atoms with Gasteiger partial charge >= 0.3 is 0 Å². The van der Waals surface area contributed by atoms with E-state index in [1.54, 1.807) is 18.2 Å². The van der Waals surface area contributed by atoms with Crippen LogP contribution < -0.4 is 14.8 Å². The maximum atomic E-state index is 14.1. The zero-order valence-corrected chi connectivity index (χ0v) is 18.8. The number of fused-ring (bicyclic) bond motifs is 1. The number of thioether (sulfide) groups is 1. The maximum Gasteiger partial charge on any atom is 0.230 e. The van der Waals surface area contributed by atoms with E-state index < -0.39 is 0 Å². The first kappa shape index (κ1) is 22.1. The van der Waals surface area contributed by atoms with E-state index in [0.717, 1.165) is 17.7 Å². The monoisotopic (exact) mass is 456 g/mol. The zero-order valence-electron chi connectivity index (χ0n) is 18.0. The number of ether oxygens (including phenoxy) is 2. The molecule has 32 heavy (non-hydrogen) atoms. The summed E-state index contributed by atoms with van der Waals surface area (Å²) >= 11 is 1.21. The summed E-state index contributed by atoms with van der Waals surface area (Å²) in [6.45, 7) is 5.34. The van der Waals surface area contributed by atoms with Crippen LogP contribution in [0.1, 0.15) is 31.9 Å². The first-order chi connectivity index (χ1) is 15.5. The molecule has 3 aromatic rings. The fourth-order valence-electron chi connectivity index (χ4n) is 3.49. The Labute approximate surface area is 190 Å². The molecule has 0 saturated heterocycles. The summed E-state index contributed by atoms with van der Waals surface area (Å²) in [5.41, 5.74) is 1.30. The quantitative estimate of drug-likeness (QED) is 0.538. The molecule has 168 valence electrons. The first-order valence-electron chi connectivity index (χ1n) is 10.5. The molecule has 1 atom stereocenters. The van der Waals surface area contributed by atoms with Crippen molar-refractivity contribution in [2.45, 2.75) is 31.5 Å². The van der Waals surface area contributed by atoms with Crippen molar-refractivity contribution in [1.29, 1.82) is 0 Å². The molecule has 0 aliphatic carbocycles. The summed E-state index contributed by atoms with van der Waals surface area (Å²) in [6.07, 6.45) is 2.27. The van der Waals surface area contributed by atoms with Gasteiger partial charge in [0.1, 0.15) is 12.1 Å². The van der Waals surface area contributed by atoms with Crippen LogP contribution >= 0.6 is 11.8 Å². The number of aromatic nitrogens is 3. The van der Waals surface area contributed by atoms with Crippen molar-refractivity contribution in [3.63, 3.8) is 0 Å². The zero-order chi connectivity index (χ0) is 22.5. The third kappa shape index (κ3) is 5.04. The second-order valence-corrected chi connectivity index (χ2v) is 8.71. The number of carbonyl (C=O) groups excluding carboxylic acids is 1. The lowest BCUT2D eigenvalue weighted by Crippen LogP contribution is -2.33. The van der Waals surface area contributed by atoms with E-state index in [1.807, 2.05) is 18.2 Å². The number of amides is 1. The van der Waals surface area contributed by atoms with Crippen LogP contribution in [-0.4, -0.2) is 39.6 Å². The normalized spacial score (nSPS) is 14.1. The van der Waals surface area contributed by atoms with Gasteiger partial charge < -0.3 is 14.8 Å². The highest BCUT2D eigenvalue weighted by Gasteiger charge is 2.22. The Hall–Kier alpha value is -3.07. The summed E-state index contributed by atoms with van der Waals surface area (Å²) in [7, 11) is 0. The fourth-order valence-corrected chi connectivity index (χ4v) is 4.22. The highest BCUT2D eigenvalue weighted by atomic mass is 32.2. The Kier molecular flexibility index (Phi) is 6.94. The highest BCUT2D eigenvalue weighted by molar-refractivity contribution is 7.99. The van der Waals surface area contributed by atoms with E-state index in [4.69, 9.17) is 9.47 Å². The molecule has 0 bridgehead atoms. The molecule has 9 heteroatoms. The summed E-state index contributed by atoms with van der Waals surface area (Å²) in [5.74, 6) is 1.18. The maximum absolute atomic E-state index is 14.1. The van der Waals surface area contributed by atoms with Crippen molar-refractivity contribution in [3.05, 3.63) is 60.2 Å². The van der Waals surface area contributed by atoms with Gasteiger partial charge in [-0.2, -0.15) is 0 Å². The van der Waals surface area contributed by atoms with Crippen LogP contribution in [0.4, 0.5) is 4.39 Å². The number of halogens is 1. The summed E-state index contributed by atoms with van der Waals surface area (Å²) < 4.78 is 27.2. The highest BCUT2D eigenvalue weighted by Crippen LogP contribution is 2.34. The van der Waals surface area contributed by atoms with Crippen molar-refractivity contribution in [3.8, 4) is 17.2 Å². The molecule has 0 radical (unpaired) electrons. The van der Waals surface area contributed by atoms with E-state index in [1.165, 1.54) is 28.7 Å². The Morgan fingerprint density at radius 3 is 2.75 bits per heavy atom. The van der Waals surface area contributed by atoms with Crippen molar-refractivity contribution >= 4 is 17.7 Å². The number of nitrogens with zero attached hydrogens (tertiary/aromatic N) is 3. The van der Waals surface area contributed by atoms with Gasteiger partial charge in [-0.05, 0) is 35.7 Å². The van der Waals surface area contributed by atoms with Gasteiger partial charge in [0.25, 0.3) is 0 Å². The molecule has 0 spiro atoms. The van der Waals surface area contributed by atoms with Crippen LogP contribution in [0.2, 0.25) is 0 Å². The van der Waals surface area contributed by atoms with E-state index in [-0.39, 0.29) is 29.4 Å². The topological polar surface area (TPSA) is 78.3 Å². The van der Waals surface area contributed by atoms with Crippen molar-refractivity contribution < 1.29 is 18.7 Å². The van der Waals surface area contributed by atoms with Gasteiger partial charge in [0, 0.05) is 6.42 Å². The summed E-state index contributed by atoms with van der Waals surface area (Å²) in [6, 6.07) is 12.0. The molecular weight excluding hydrogens is 431 g/mol. The molecule has 0 fully saturated rings. The predicted molar refractivity (Wildman–Crippen MR) is 120 cm³/mol. The standard InChI is InChI=1S/C23H25FN4O3S/c1-15(2)22(16-8-9-19-20(12-16)31-11-5-10-30-19)26-21(29)13-32-23-27-25-14-28(23)18-7-4-3-6-17(18)24/h3-4,6-9,12,14-15,22H,5,10-11,13H2,1-2H3,(H,26,29)/t22-/m1/s1. The van der Waals surface area contributed by atoms with Gasteiger partial charge in [0.2, 0.25) is 5.91 Å². The molecule has 1 amide bonds. The Balaban J connectivity index is 1.44. The van der Waals surface area contributed by atoms with Crippen LogP contribution in [0.5, 0.6) is 11.5 Å². The second kappa shape index (κ2) is 10.0. The molecular formula is C23H25FN4O3S. The van der Waals surface area contributed by atoms with Crippen LogP contribution in [0.15, 0.2) is 53.9 Å². The van der Waals surface area contributed by atoms with Crippen LogP contribution in [-0.2, 0) is 4.79 Å². The third-order valence-corrected chi connectivity index (χ3v) is 6.02. The molecule has 0 unspecified atom stereocenters. The minimum Gasteiger partial charge on any atom is -0.490 e. The van der Waals surface area contributed by atoms with Crippen molar-refractivity contribution in [1.82, 2.24) is 20.1 Å². The predicted octanol–water partition coefficient (Wildman–Crippen LogP) is 4.17. The second-order valence-electron chi connectivity index (χ2n) is 7.77. The molecule has 1 N–H and O–H groups in total. The lowest BCUT2D eigenvalue weighted by Gasteiger charge is -2.24. The number of carbonyl (C=O) groups is 1. The number of hydrogen-bond acceptors (Lipinski definition) is 6. The van der Waals surface area contributed by atoms with E-state index in [0.29, 0.717) is 29.8 Å². The smallest absolute Gasteiger partial charge is 0.230 e. The van der Waals surface area contributed by atoms with Crippen LogP contribution in [0.3, 0.4) is 0 Å². The van der Waals surface area contributed by atoms with Crippen LogP contribution in [0, 0.1) is 11.7 Å². The van der Waals surface area contributed by atoms with E-state index in [2.05, 4.69) is 29.4 Å². The summed E-state index contributed by atoms with van der Waals surface area (Å²) in [5, 5.41) is 11.5. The average molecular weight is 457 g/mol. The number of rotatable bonds is 7. The first-order valence-corrected chi connectivity index (χ1v) is 11.5. The molecule has 2 heterocycles. The van der Waals surface area contributed by atoms with Gasteiger partial charge in [0.05, 0.1) is 30.7 Å². The van der Waals surface area contributed by atoms with Gasteiger partial charge in [-0.15, -0.1) is 10.2 Å². The number of nitrogens with one attached hydrogen (secondary N) is 1. The number of hydrogen-bond donors (Lipinski definition) is 1. The molecule has 1 aromatic heterocycles. The molecule has 1 aliphatic rings. The Bertz CT molecular complexity index is 1090. The van der Waals surface area contributed by atoms with Crippen molar-refractivity contribution in [2.24, 2.45) is 5.92 Å². The van der Waals surface area contributed by atoms with Crippen LogP contribution in [0.25, 0.3) is 5.69 Å². The lowest BCUT2D eigenvalue weighted by atomic mass is 9.95. The number of para-hydroxylation sites is 1. The van der Waals surface area contributed by atoms with Gasteiger partial charge in [-0.25, -0.2) is 4.39 Å². The van der Waals surface area contributed by atoms with E-state index >= 15 is 0 Å². The minimum atomic E-state index is -0.382. The molecule has 4 rings (SSSR count). The van der Waals surface area contributed by atoms with Gasteiger partial charge in [-0.1, -0.05) is 43.8 Å². The molecule has 2 aromatic carbocycles. The fraction of sp³-hybridized carbons (Fsp3) is 0.348. The SMILES string of the molecule is CC(C)[C@@H](NC(=O)CSc1nncn1-c1ccccc1F)c1ccc2c(c1)OCCCO2. The summed E-state index contributed by atoms with van der Waals surface area (Å²) in [4.78, 5) is 12.8.